The Balaban J connectivity index is 1.65. The molecule has 1 amide bonds. The van der Waals surface area contributed by atoms with Crippen molar-refractivity contribution in [1.82, 2.24) is 4.90 Å². The van der Waals surface area contributed by atoms with Gasteiger partial charge in [-0.1, -0.05) is 12.5 Å². The summed E-state index contributed by atoms with van der Waals surface area (Å²) in [5.41, 5.74) is 8.36. The second-order valence-corrected chi connectivity index (χ2v) is 6.08. The van der Waals surface area contributed by atoms with E-state index in [-0.39, 0.29) is 17.7 Å². The van der Waals surface area contributed by atoms with Gasteiger partial charge in [-0.2, -0.15) is 0 Å². The maximum absolute atomic E-state index is 12.4. The van der Waals surface area contributed by atoms with Crippen molar-refractivity contribution in [2.75, 3.05) is 6.54 Å². The number of phenols is 1. The summed E-state index contributed by atoms with van der Waals surface area (Å²) < 4.78 is 0. The van der Waals surface area contributed by atoms with Crippen molar-refractivity contribution in [2.24, 2.45) is 11.7 Å². The normalized spacial score (nSPS) is 25.6. The van der Waals surface area contributed by atoms with Crippen molar-refractivity contribution in [1.29, 1.82) is 0 Å². The Kier molecular flexibility index (Phi) is 3.66. The van der Waals surface area contributed by atoms with Crippen LogP contribution in [0.3, 0.4) is 0 Å². The molecule has 1 fully saturated rings. The molecule has 108 valence electrons. The first-order valence-corrected chi connectivity index (χ1v) is 7.47. The Labute approximate surface area is 119 Å². The molecule has 1 heterocycles. The minimum Gasteiger partial charge on any atom is -0.508 e. The Hall–Kier alpha value is -1.55. The van der Waals surface area contributed by atoms with E-state index in [4.69, 9.17) is 5.73 Å². The lowest BCUT2D eigenvalue weighted by molar-refractivity contribution is -0.133. The van der Waals surface area contributed by atoms with E-state index in [9.17, 15) is 9.90 Å². The first kappa shape index (κ1) is 13.4. The summed E-state index contributed by atoms with van der Waals surface area (Å²) in [6, 6.07) is 5.64. The zero-order valence-electron chi connectivity index (χ0n) is 11.7. The number of carbonyl (C=O) groups is 1. The van der Waals surface area contributed by atoms with Crippen LogP contribution in [0.4, 0.5) is 0 Å². The number of aromatic hydroxyl groups is 1. The molecule has 4 heteroatoms. The average molecular weight is 274 g/mol. The maximum atomic E-state index is 12.4. The molecule has 0 bridgehead atoms. The number of nitrogens with two attached hydrogens (primary N) is 1. The molecule has 20 heavy (non-hydrogen) atoms. The first-order valence-electron chi connectivity index (χ1n) is 7.47. The summed E-state index contributed by atoms with van der Waals surface area (Å²) in [5.74, 6) is 0.838. The van der Waals surface area contributed by atoms with Gasteiger partial charge in [0, 0.05) is 25.6 Å². The number of hydrogen-bond acceptors (Lipinski definition) is 3. The first-order chi connectivity index (χ1) is 9.63. The molecule has 1 aromatic rings. The quantitative estimate of drug-likeness (QED) is 0.864. The summed E-state index contributed by atoms with van der Waals surface area (Å²) in [4.78, 5) is 14.3. The molecule has 0 radical (unpaired) electrons. The number of nitrogens with zero attached hydrogens (tertiary/aromatic N) is 1. The van der Waals surface area contributed by atoms with Gasteiger partial charge in [0.05, 0.1) is 0 Å². The lowest BCUT2D eigenvalue weighted by Crippen LogP contribution is -2.38. The van der Waals surface area contributed by atoms with Gasteiger partial charge in [-0.15, -0.1) is 0 Å². The number of fused-ring (bicyclic) bond motifs is 1. The number of rotatable bonds is 2. The van der Waals surface area contributed by atoms with Crippen molar-refractivity contribution in [3.8, 4) is 5.75 Å². The molecule has 0 unspecified atom stereocenters. The fraction of sp³-hybridized carbons (Fsp3) is 0.562. The highest BCUT2D eigenvalue weighted by Crippen LogP contribution is 2.29. The minimum atomic E-state index is 0.195. The summed E-state index contributed by atoms with van der Waals surface area (Å²) >= 11 is 0. The molecule has 3 rings (SSSR count). The third-order valence-corrected chi connectivity index (χ3v) is 4.71. The molecule has 0 saturated heterocycles. The molecule has 2 aliphatic rings. The van der Waals surface area contributed by atoms with Crippen LogP contribution in [0.25, 0.3) is 0 Å². The molecule has 1 aromatic carbocycles. The van der Waals surface area contributed by atoms with Gasteiger partial charge in [0.25, 0.3) is 0 Å². The van der Waals surface area contributed by atoms with E-state index < -0.39 is 0 Å². The predicted molar refractivity (Wildman–Crippen MR) is 77.2 cm³/mol. The summed E-state index contributed by atoms with van der Waals surface area (Å²) in [6.45, 7) is 1.39. The van der Waals surface area contributed by atoms with Crippen molar-refractivity contribution < 1.29 is 9.90 Å². The van der Waals surface area contributed by atoms with Crippen LogP contribution < -0.4 is 5.73 Å². The lowest BCUT2D eigenvalue weighted by atomic mass is 9.96. The van der Waals surface area contributed by atoms with Gasteiger partial charge in [0.2, 0.25) is 5.91 Å². The van der Waals surface area contributed by atoms with Crippen molar-refractivity contribution in [2.45, 2.75) is 44.7 Å². The van der Waals surface area contributed by atoms with Crippen LogP contribution in [-0.2, 0) is 17.8 Å². The average Bonchev–Trinajstić information content (AvgIpc) is 2.83. The van der Waals surface area contributed by atoms with Crippen LogP contribution in [0, 0.1) is 5.92 Å². The second-order valence-electron chi connectivity index (χ2n) is 6.08. The summed E-state index contributed by atoms with van der Waals surface area (Å²) in [7, 11) is 0. The smallest absolute Gasteiger partial charge is 0.223 e. The van der Waals surface area contributed by atoms with Crippen LogP contribution in [0.2, 0.25) is 0 Å². The maximum Gasteiger partial charge on any atom is 0.223 e. The molecule has 4 nitrogen and oxygen atoms in total. The van der Waals surface area contributed by atoms with Gasteiger partial charge in [-0.3, -0.25) is 4.79 Å². The zero-order valence-corrected chi connectivity index (χ0v) is 11.7. The monoisotopic (exact) mass is 274 g/mol. The van der Waals surface area contributed by atoms with Gasteiger partial charge in [-0.25, -0.2) is 0 Å². The Morgan fingerprint density at radius 1 is 1.35 bits per heavy atom. The highest BCUT2D eigenvalue weighted by Gasteiger charge is 2.29. The standard InChI is InChI=1S/C16H22N2O2/c17-15-3-1-2-12(15)9-16(20)18-7-6-11-4-5-14(19)8-13(11)10-18/h4-5,8,12,15,19H,1-3,6-7,9-10,17H2/t12-,15+/m0/s1. The highest BCUT2D eigenvalue weighted by molar-refractivity contribution is 5.77. The topological polar surface area (TPSA) is 66.6 Å². The number of hydrogen-bond donors (Lipinski definition) is 2. The third-order valence-electron chi connectivity index (χ3n) is 4.71. The van der Waals surface area contributed by atoms with E-state index in [1.54, 1.807) is 12.1 Å². The second kappa shape index (κ2) is 5.44. The molecule has 1 saturated carbocycles. The molecule has 2 atom stereocenters. The number of carbonyl (C=O) groups excluding carboxylic acids is 1. The summed E-state index contributed by atoms with van der Waals surface area (Å²) in [6.07, 6.45) is 4.73. The van der Waals surface area contributed by atoms with Gasteiger partial charge >= 0.3 is 0 Å². The van der Waals surface area contributed by atoms with Crippen molar-refractivity contribution in [3.63, 3.8) is 0 Å². The van der Waals surface area contributed by atoms with Crippen LogP contribution in [0.1, 0.15) is 36.8 Å². The van der Waals surface area contributed by atoms with Gasteiger partial charge < -0.3 is 15.7 Å². The Morgan fingerprint density at radius 3 is 2.95 bits per heavy atom. The van der Waals surface area contributed by atoms with E-state index in [0.29, 0.717) is 18.9 Å². The molecule has 1 aliphatic carbocycles. The predicted octanol–water partition coefficient (Wildman–Crippen LogP) is 1.79. The largest absolute Gasteiger partial charge is 0.508 e. The van der Waals surface area contributed by atoms with Crippen LogP contribution >= 0.6 is 0 Å². The van der Waals surface area contributed by atoms with Crippen LogP contribution in [0.15, 0.2) is 18.2 Å². The van der Waals surface area contributed by atoms with E-state index >= 15 is 0 Å². The van der Waals surface area contributed by atoms with Gasteiger partial charge in [0.15, 0.2) is 0 Å². The fourth-order valence-corrected chi connectivity index (χ4v) is 3.43. The number of benzene rings is 1. The van der Waals surface area contributed by atoms with Crippen LogP contribution in [0.5, 0.6) is 5.75 Å². The van der Waals surface area contributed by atoms with E-state index in [0.717, 1.165) is 37.8 Å². The fourth-order valence-electron chi connectivity index (χ4n) is 3.43. The SMILES string of the molecule is N[C@@H]1CCC[C@H]1CC(=O)N1CCc2ccc(O)cc2C1. The van der Waals surface area contributed by atoms with Crippen molar-refractivity contribution >= 4 is 5.91 Å². The minimum absolute atomic E-state index is 0.195. The molecular formula is C16H22N2O2. The van der Waals surface area contributed by atoms with Crippen LogP contribution in [-0.4, -0.2) is 28.5 Å². The molecule has 1 aliphatic heterocycles. The number of amides is 1. The summed E-state index contributed by atoms with van der Waals surface area (Å²) in [5, 5.41) is 9.56. The van der Waals surface area contributed by atoms with E-state index in [1.165, 1.54) is 5.56 Å². The Morgan fingerprint density at radius 2 is 2.20 bits per heavy atom. The highest BCUT2D eigenvalue weighted by atomic mass is 16.3. The van der Waals surface area contributed by atoms with E-state index in [2.05, 4.69) is 0 Å². The molecular weight excluding hydrogens is 252 g/mol. The van der Waals surface area contributed by atoms with Crippen molar-refractivity contribution in [3.05, 3.63) is 29.3 Å². The van der Waals surface area contributed by atoms with Gasteiger partial charge in [0.1, 0.15) is 5.75 Å². The molecule has 3 N–H and O–H groups in total. The zero-order chi connectivity index (χ0) is 14.1. The Bertz CT molecular complexity index is 515. The number of phenolic OH excluding ortho intramolecular Hbond substituents is 1. The van der Waals surface area contributed by atoms with E-state index in [1.807, 2.05) is 11.0 Å². The third kappa shape index (κ3) is 2.66. The lowest BCUT2D eigenvalue weighted by Gasteiger charge is -2.30. The van der Waals surface area contributed by atoms with Gasteiger partial charge in [-0.05, 0) is 48.4 Å². The molecule has 0 aromatic heterocycles. The molecule has 0 spiro atoms.